The molecule has 0 saturated carbocycles. The van der Waals surface area contributed by atoms with Crippen LogP contribution in [-0.2, 0) is 24.2 Å². The smallest absolute Gasteiger partial charge is 0.231 e. The molecule has 0 bridgehead atoms. The van der Waals surface area contributed by atoms with Gasteiger partial charge in [0.2, 0.25) is 12.7 Å². The van der Waals surface area contributed by atoms with Gasteiger partial charge in [-0.25, -0.2) is 0 Å². The third-order valence-corrected chi connectivity index (χ3v) is 3.84. The minimum atomic E-state index is 0.0979. The zero-order valence-electron chi connectivity index (χ0n) is 11.4. The molecule has 6 heteroatoms. The van der Waals surface area contributed by atoms with Gasteiger partial charge in [0.25, 0.3) is 0 Å². The van der Waals surface area contributed by atoms with Crippen molar-refractivity contribution in [3.8, 4) is 11.5 Å². The fourth-order valence-corrected chi connectivity index (χ4v) is 2.69. The summed E-state index contributed by atoms with van der Waals surface area (Å²) in [7, 11) is 0. The molecule has 0 fully saturated rings. The zero-order valence-corrected chi connectivity index (χ0v) is 11.4. The van der Waals surface area contributed by atoms with Crippen LogP contribution in [0.5, 0.6) is 11.5 Å². The highest BCUT2D eigenvalue weighted by molar-refractivity contribution is 5.79. The lowest BCUT2D eigenvalue weighted by Gasteiger charge is -2.25. The lowest BCUT2D eigenvalue weighted by atomic mass is 10.1. The number of rotatable bonds is 2. The molecule has 0 N–H and O–H groups in total. The Balaban J connectivity index is 1.47. The van der Waals surface area contributed by atoms with E-state index in [0.717, 1.165) is 29.1 Å². The van der Waals surface area contributed by atoms with E-state index in [1.165, 1.54) is 0 Å². The summed E-state index contributed by atoms with van der Waals surface area (Å²) in [6, 6.07) is 5.62. The maximum atomic E-state index is 12.4. The van der Waals surface area contributed by atoms with Crippen molar-refractivity contribution in [2.45, 2.75) is 19.4 Å². The van der Waals surface area contributed by atoms with E-state index in [-0.39, 0.29) is 12.7 Å². The standard InChI is InChI=1S/C15H14N2O4/c18-15(17-4-3-12-11(8-17)7-16-21-12)6-10-1-2-13-14(5-10)20-9-19-13/h1-2,5,7H,3-4,6,8-9H2. The molecule has 2 aliphatic rings. The highest BCUT2D eigenvalue weighted by Crippen LogP contribution is 2.32. The number of nitrogens with zero attached hydrogens (tertiary/aromatic N) is 2. The number of carbonyl (C=O) groups excluding carboxylic acids is 1. The molecule has 21 heavy (non-hydrogen) atoms. The predicted octanol–water partition coefficient (Wildman–Crippen LogP) is 1.53. The van der Waals surface area contributed by atoms with Crippen LogP contribution < -0.4 is 9.47 Å². The molecule has 4 rings (SSSR count). The molecule has 3 heterocycles. The summed E-state index contributed by atoms with van der Waals surface area (Å²) >= 11 is 0. The lowest BCUT2D eigenvalue weighted by molar-refractivity contribution is -0.131. The SMILES string of the molecule is O=C(Cc1ccc2c(c1)OCO2)N1CCc2oncc2C1. The van der Waals surface area contributed by atoms with Crippen molar-refractivity contribution in [2.24, 2.45) is 0 Å². The van der Waals surface area contributed by atoms with E-state index >= 15 is 0 Å². The van der Waals surface area contributed by atoms with Gasteiger partial charge in [-0.2, -0.15) is 0 Å². The van der Waals surface area contributed by atoms with Gasteiger partial charge in [0.15, 0.2) is 11.5 Å². The summed E-state index contributed by atoms with van der Waals surface area (Å²) < 4.78 is 15.7. The van der Waals surface area contributed by atoms with Gasteiger partial charge in [-0.1, -0.05) is 11.2 Å². The van der Waals surface area contributed by atoms with Crippen molar-refractivity contribution >= 4 is 5.91 Å². The fourth-order valence-electron chi connectivity index (χ4n) is 2.69. The van der Waals surface area contributed by atoms with Crippen LogP contribution in [-0.4, -0.2) is 29.3 Å². The molecule has 0 atom stereocenters. The Bertz CT molecular complexity index is 695. The first kappa shape index (κ1) is 12.3. The Labute approximate surface area is 121 Å². The molecular formula is C15H14N2O4. The van der Waals surface area contributed by atoms with E-state index in [0.29, 0.717) is 25.3 Å². The van der Waals surface area contributed by atoms with Gasteiger partial charge in [-0.3, -0.25) is 4.79 Å². The van der Waals surface area contributed by atoms with Crippen molar-refractivity contribution in [2.75, 3.05) is 13.3 Å². The Morgan fingerprint density at radius 3 is 3.14 bits per heavy atom. The second-order valence-electron chi connectivity index (χ2n) is 5.20. The van der Waals surface area contributed by atoms with E-state index < -0.39 is 0 Å². The van der Waals surface area contributed by atoms with E-state index in [1.54, 1.807) is 6.20 Å². The third-order valence-electron chi connectivity index (χ3n) is 3.84. The van der Waals surface area contributed by atoms with Crippen LogP contribution in [0.15, 0.2) is 28.9 Å². The number of aromatic nitrogens is 1. The maximum absolute atomic E-state index is 12.4. The highest BCUT2D eigenvalue weighted by atomic mass is 16.7. The molecule has 1 aromatic carbocycles. The number of carbonyl (C=O) groups is 1. The fraction of sp³-hybridized carbons (Fsp3) is 0.333. The first-order chi connectivity index (χ1) is 10.3. The van der Waals surface area contributed by atoms with Gasteiger partial charge in [0.05, 0.1) is 19.2 Å². The minimum Gasteiger partial charge on any atom is -0.454 e. The summed E-state index contributed by atoms with van der Waals surface area (Å²) in [5.74, 6) is 2.43. The number of fused-ring (bicyclic) bond motifs is 2. The van der Waals surface area contributed by atoms with Gasteiger partial charge in [0, 0.05) is 18.5 Å². The van der Waals surface area contributed by atoms with Crippen molar-refractivity contribution < 1.29 is 18.8 Å². The predicted molar refractivity (Wildman–Crippen MR) is 71.9 cm³/mol. The van der Waals surface area contributed by atoms with E-state index in [9.17, 15) is 4.79 Å². The van der Waals surface area contributed by atoms with Gasteiger partial charge in [0.1, 0.15) is 5.76 Å². The van der Waals surface area contributed by atoms with Crippen LogP contribution in [0.25, 0.3) is 0 Å². The molecule has 108 valence electrons. The van der Waals surface area contributed by atoms with Gasteiger partial charge >= 0.3 is 0 Å². The summed E-state index contributed by atoms with van der Waals surface area (Å²) in [6.45, 7) is 1.49. The topological polar surface area (TPSA) is 64.8 Å². The Kier molecular flexibility index (Phi) is 2.80. The van der Waals surface area contributed by atoms with E-state index in [4.69, 9.17) is 14.0 Å². The zero-order chi connectivity index (χ0) is 14.2. The third kappa shape index (κ3) is 2.22. The molecule has 1 aromatic heterocycles. The molecule has 0 unspecified atom stereocenters. The maximum Gasteiger partial charge on any atom is 0.231 e. The molecule has 0 radical (unpaired) electrons. The van der Waals surface area contributed by atoms with Crippen LogP contribution in [0.4, 0.5) is 0 Å². The molecular weight excluding hydrogens is 272 g/mol. The second kappa shape index (κ2) is 4.80. The van der Waals surface area contributed by atoms with Crippen LogP contribution in [0.2, 0.25) is 0 Å². The number of ether oxygens (including phenoxy) is 2. The molecule has 0 saturated heterocycles. The van der Waals surface area contributed by atoms with Gasteiger partial charge < -0.3 is 18.9 Å². The van der Waals surface area contributed by atoms with Crippen LogP contribution in [0.1, 0.15) is 16.9 Å². The Morgan fingerprint density at radius 1 is 1.29 bits per heavy atom. The lowest BCUT2D eigenvalue weighted by Crippen LogP contribution is -2.36. The van der Waals surface area contributed by atoms with Crippen LogP contribution in [0.3, 0.4) is 0 Å². The summed E-state index contributed by atoms with van der Waals surface area (Å²) in [4.78, 5) is 14.2. The Morgan fingerprint density at radius 2 is 2.19 bits per heavy atom. The normalized spacial score (nSPS) is 15.9. The van der Waals surface area contributed by atoms with Crippen LogP contribution >= 0.6 is 0 Å². The van der Waals surface area contributed by atoms with Crippen molar-refractivity contribution in [1.82, 2.24) is 10.1 Å². The van der Waals surface area contributed by atoms with Gasteiger partial charge in [-0.15, -0.1) is 0 Å². The second-order valence-corrected chi connectivity index (χ2v) is 5.20. The number of benzene rings is 1. The van der Waals surface area contributed by atoms with E-state index in [1.807, 2.05) is 23.1 Å². The number of amides is 1. The monoisotopic (exact) mass is 286 g/mol. The first-order valence-electron chi connectivity index (χ1n) is 6.88. The molecule has 0 spiro atoms. The van der Waals surface area contributed by atoms with Crippen molar-refractivity contribution in [3.63, 3.8) is 0 Å². The molecule has 6 nitrogen and oxygen atoms in total. The molecule has 2 aliphatic heterocycles. The number of hydrogen-bond acceptors (Lipinski definition) is 5. The Hall–Kier alpha value is -2.50. The molecule has 2 aromatic rings. The largest absolute Gasteiger partial charge is 0.454 e. The summed E-state index contributed by atoms with van der Waals surface area (Å²) in [5, 5.41) is 3.78. The van der Waals surface area contributed by atoms with Gasteiger partial charge in [-0.05, 0) is 17.7 Å². The first-order valence-corrected chi connectivity index (χ1v) is 6.88. The highest BCUT2D eigenvalue weighted by Gasteiger charge is 2.24. The van der Waals surface area contributed by atoms with E-state index in [2.05, 4.69) is 5.16 Å². The average molecular weight is 286 g/mol. The van der Waals surface area contributed by atoms with Crippen molar-refractivity contribution in [1.29, 1.82) is 0 Å². The minimum absolute atomic E-state index is 0.0979. The van der Waals surface area contributed by atoms with Crippen molar-refractivity contribution in [3.05, 3.63) is 41.3 Å². The summed E-state index contributed by atoms with van der Waals surface area (Å²) in [5.41, 5.74) is 1.93. The van der Waals surface area contributed by atoms with Crippen LogP contribution in [0, 0.1) is 0 Å². The summed E-state index contributed by atoms with van der Waals surface area (Å²) in [6.07, 6.45) is 2.77. The number of hydrogen-bond donors (Lipinski definition) is 0. The average Bonchev–Trinajstić information content (AvgIpc) is 3.14. The quantitative estimate of drug-likeness (QED) is 0.837. The molecule has 1 amide bonds. The molecule has 0 aliphatic carbocycles.